The van der Waals surface area contributed by atoms with Crippen LogP contribution in [0.1, 0.15) is 21.6 Å². The van der Waals surface area contributed by atoms with Crippen LogP contribution in [0.4, 0.5) is 19.0 Å². The number of carbonyl (C=O) groups is 1. The van der Waals surface area contributed by atoms with E-state index in [1.54, 1.807) is 23.1 Å². The quantitative estimate of drug-likeness (QED) is 0.890. The highest BCUT2D eigenvalue weighted by Crippen LogP contribution is 2.38. The molecular formula is C14H11Cl2F3N4O. The molecule has 0 aliphatic carbocycles. The second-order valence-electron chi connectivity index (χ2n) is 5.33. The SMILES string of the molecule is NC(=O)c1c(C(F)(F)F)nn2c1N(Cc1cc(Cl)cc(Cl)c1)CC2. The average Bonchev–Trinajstić information content (AvgIpc) is 2.97. The van der Waals surface area contributed by atoms with Crippen molar-refractivity contribution < 1.29 is 18.0 Å². The Labute approximate surface area is 144 Å². The number of anilines is 1. The molecule has 0 saturated heterocycles. The van der Waals surface area contributed by atoms with Gasteiger partial charge in [0.1, 0.15) is 11.4 Å². The molecule has 0 bridgehead atoms. The van der Waals surface area contributed by atoms with Crippen LogP contribution in [0.15, 0.2) is 18.2 Å². The molecule has 2 aromatic rings. The number of hydrogen-bond acceptors (Lipinski definition) is 3. The lowest BCUT2D eigenvalue weighted by atomic mass is 10.1. The monoisotopic (exact) mass is 378 g/mol. The van der Waals surface area contributed by atoms with E-state index in [0.29, 0.717) is 22.2 Å². The van der Waals surface area contributed by atoms with Gasteiger partial charge >= 0.3 is 6.18 Å². The molecule has 2 heterocycles. The zero-order valence-electron chi connectivity index (χ0n) is 12.1. The van der Waals surface area contributed by atoms with E-state index in [0.717, 1.165) is 4.68 Å². The van der Waals surface area contributed by atoms with Gasteiger partial charge in [-0.2, -0.15) is 18.3 Å². The van der Waals surface area contributed by atoms with Crippen LogP contribution in [0.25, 0.3) is 0 Å². The van der Waals surface area contributed by atoms with Gasteiger partial charge in [-0.3, -0.25) is 4.79 Å². The molecule has 1 aliphatic rings. The predicted molar refractivity (Wildman–Crippen MR) is 83.3 cm³/mol. The number of carbonyl (C=O) groups excluding carboxylic acids is 1. The fourth-order valence-electron chi connectivity index (χ4n) is 2.75. The Kier molecular flexibility index (Phi) is 4.13. The number of alkyl halides is 3. The molecule has 3 rings (SSSR count). The minimum absolute atomic E-state index is 0.0610. The number of fused-ring (bicyclic) bond motifs is 1. The maximum atomic E-state index is 13.1. The molecule has 2 N–H and O–H groups in total. The summed E-state index contributed by atoms with van der Waals surface area (Å²) in [6.07, 6.45) is -4.76. The van der Waals surface area contributed by atoms with Gasteiger partial charge in [0.05, 0.1) is 6.54 Å². The van der Waals surface area contributed by atoms with E-state index in [9.17, 15) is 18.0 Å². The first kappa shape index (κ1) is 16.9. The number of nitrogens with two attached hydrogens (primary N) is 1. The van der Waals surface area contributed by atoms with Crippen molar-refractivity contribution in [1.82, 2.24) is 9.78 Å². The molecule has 5 nitrogen and oxygen atoms in total. The third kappa shape index (κ3) is 3.03. The molecule has 0 unspecified atom stereocenters. The van der Waals surface area contributed by atoms with Crippen LogP contribution in [0.2, 0.25) is 10.0 Å². The van der Waals surface area contributed by atoms with Crippen molar-refractivity contribution in [3.63, 3.8) is 0 Å². The summed E-state index contributed by atoms with van der Waals surface area (Å²) < 4.78 is 40.4. The molecule has 128 valence electrons. The molecule has 0 saturated carbocycles. The predicted octanol–water partition coefficient (Wildman–Crippen LogP) is 3.33. The topological polar surface area (TPSA) is 64.2 Å². The van der Waals surface area contributed by atoms with E-state index >= 15 is 0 Å². The number of hydrogen-bond donors (Lipinski definition) is 1. The summed E-state index contributed by atoms with van der Waals surface area (Å²) in [5.74, 6) is -1.11. The Morgan fingerprint density at radius 2 is 1.83 bits per heavy atom. The highest BCUT2D eigenvalue weighted by molar-refractivity contribution is 6.34. The van der Waals surface area contributed by atoms with Crippen molar-refractivity contribution in [3.05, 3.63) is 45.1 Å². The summed E-state index contributed by atoms with van der Waals surface area (Å²) in [7, 11) is 0. The van der Waals surface area contributed by atoms with Crippen molar-refractivity contribution in [1.29, 1.82) is 0 Å². The fraction of sp³-hybridized carbons (Fsp3) is 0.286. The van der Waals surface area contributed by atoms with Crippen LogP contribution in [0.5, 0.6) is 0 Å². The molecule has 0 atom stereocenters. The third-order valence-corrected chi connectivity index (χ3v) is 4.05. The van der Waals surface area contributed by atoms with Crippen molar-refractivity contribution in [3.8, 4) is 0 Å². The Hall–Kier alpha value is -1.93. The maximum Gasteiger partial charge on any atom is 0.436 e. The second kappa shape index (κ2) is 5.86. The van der Waals surface area contributed by atoms with E-state index in [4.69, 9.17) is 28.9 Å². The molecule has 1 aromatic heterocycles. The van der Waals surface area contributed by atoms with E-state index in [1.165, 1.54) is 0 Å². The zero-order chi connectivity index (χ0) is 17.6. The minimum Gasteiger partial charge on any atom is -0.365 e. The largest absolute Gasteiger partial charge is 0.436 e. The first-order chi connectivity index (χ1) is 11.2. The Balaban J connectivity index is 2.02. The van der Waals surface area contributed by atoms with Crippen molar-refractivity contribution in [2.75, 3.05) is 11.4 Å². The van der Waals surface area contributed by atoms with Crippen LogP contribution in [0, 0.1) is 0 Å². The lowest BCUT2D eigenvalue weighted by molar-refractivity contribution is -0.141. The van der Waals surface area contributed by atoms with Gasteiger partial charge in [-0.15, -0.1) is 0 Å². The summed E-state index contributed by atoms with van der Waals surface area (Å²) in [6.45, 7) is 0.842. The van der Waals surface area contributed by atoms with Gasteiger partial charge in [0.15, 0.2) is 5.69 Å². The highest BCUT2D eigenvalue weighted by atomic mass is 35.5. The van der Waals surface area contributed by atoms with Crippen LogP contribution in [0.3, 0.4) is 0 Å². The van der Waals surface area contributed by atoms with Crippen LogP contribution in [-0.4, -0.2) is 22.2 Å². The summed E-state index contributed by atoms with van der Waals surface area (Å²) in [4.78, 5) is 13.2. The lowest BCUT2D eigenvalue weighted by Crippen LogP contribution is -2.25. The summed E-state index contributed by atoms with van der Waals surface area (Å²) in [5.41, 5.74) is 3.99. The van der Waals surface area contributed by atoms with Crippen molar-refractivity contribution in [2.45, 2.75) is 19.3 Å². The van der Waals surface area contributed by atoms with Crippen molar-refractivity contribution >= 4 is 34.9 Å². The van der Waals surface area contributed by atoms with E-state index < -0.39 is 23.3 Å². The minimum atomic E-state index is -4.76. The third-order valence-electron chi connectivity index (χ3n) is 3.62. The summed E-state index contributed by atoms with van der Waals surface area (Å²) in [5, 5.41) is 4.33. The van der Waals surface area contributed by atoms with Gasteiger partial charge in [0, 0.05) is 23.1 Å². The normalized spacial score (nSPS) is 14.1. The van der Waals surface area contributed by atoms with Crippen LogP contribution in [-0.2, 0) is 19.3 Å². The van der Waals surface area contributed by atoms with Crippen LogP contribution < -0.4 is 10.6 Å². The van der Waals surface area contributed by atoms with Gasteiger partial charge in [-0.25, -0.2) is 4.68 Å². The Bertz CT molecular complexity index is 799. The van der Waals surface area contributed by atoms with Gasteiger partial charge in [-0.05, 0) is 23.8 Å². The number of aromatic nitrogens is 2. The van der Waals surface area contributed by atoms with Gasteiger partial charge < -0.3 is 10.6 Å². The molecule has 0 fully saturated rings. The summed E-state index contributed by atoms with van der Waals surface area (Å²) >= 11 is 11.9. The van der Waals surface area contributed by atoms with Crippen molar-refractivity contribution in [2.24, 2.45) is 5.73 Å². The van der Waals surface area contributed by atoms with E-state index in [2.05, 4.69) is 5.10 Å². The zero-order valence-corrected chi connectivity index (χ0v) is 13.6. The molecular weight excluding hydrogens is 368 g/mol. The van der Waals surface area contributed by atoms with E-state index in [-0.39, 0.29) is 18.9 Å². The molecule has 0 radical (unpaired) electrons. The number of rotatable bonds is 3. The number of amides is 1. The molecule has 1 aromatic carbocycles. The number of halogens is 5. The fourth-order valence-corrected chi connectivity index (χ4v) is 3.32. The molecule has 1 aliphatic heterocycles. The average molecular weight is 379 g/mol. The first-order valence-electron chi connectivity index (χ1n) is 6.84. The number of benzene rings is 1. The lowest BCUT2D eigenvalue weighted by Gasteiger charge is -2.19. The molecule has 10 heteroatoms. The smallest absolute Gasteiger partial charge is 0.365 e. The Morgan fingerprint density at radius 3 is 2.38 bits per heavy atom. The number of nitrogens with zero attached hydrogens (tertiary/aromatic N) is 3. The first-order valence-corrected chi connectivity index (χ1v) is 7.60. The van der Waals surface area contributed by atoms with E-state index in [1.807, 2.05) is 0 Å². The molecule has 1 amide bonds. The number of primary amides is 1. The molecule has 0 spiro atoms. The maximum absolute atomic E-state index is 13.1. The van der Waals surface area contributed by atoms with Gasteiger partial charge in [-0.1, -0.05) is 23.2 Å². The second-order valence-corrected chi connectivity index (χ2v) is 6.20. The highest BCUT2D eigenvalue weighted by Gasteiger charge is 2.43. The molecule has 24 heavy (non-hydrogen) atoms. The Morgan fingerprint density at radius 1 is 1.21 bits per heavy atom. The van der Waals surface area contributed by atoms with Gasteiger partial charge in [0.2, 0.25) is 0 Å². The van der Waals surface area contributed by atoms with Crippen LogP contribution >= 0.6 is 23.2 Å². The standard InChI is InChI=1S/C14H11Cl2F3N4O/c15-8-3-7(4-9(16)5-8)6-22-1-2-23-13(22)10(12(20)24)11(21-23)14(17,18)19/h3-5H,1-2,6H2,(H2,20,24). The summed E-state index contributed by atoms with van der Waals surface area (Å²) in [6, 6.07) is 4.86. The van der Waals surface area contributed by atoms with Gasteiger partial charge in [0.25, 0.3) is 5.91 Å².